The highest BCUT2D eigenvalue weighted by atomic mass is 19.4. The molecule has 0 aliphatic heterocycles. The number of hydrogen-bond donors (Lipinski definition) is 1. The Labute approximate surface area is 144 Å². The van der Waals surface area contributed by atoms with Crippen molar-refractivity contribution in [1.82, 2.24) is 19.6 Å². The average Bonchev–Trinajstić information content (AvgIpc) is 3.11. The molecule has 0 aliphatic rings. The third kappa shape index (κ3) is 3.48. The van der Waals surface area contributed by atoms with E-state index in [9.17, 15) is 22.8 Å². The Morgan fingerprint density at radius 2 is 1.96 bits per heavy atom. The van der Waals surface area contributed by atoms with E-state index in [4.69, 9.17) is 0 Å². The molecule has 1 aromatic carbocycles. The molecule has 10 heteroatoms. The summed E-state index contributed by atoms with van der Waals surface area (Å²) in [5, 5.41) is 9.79. The van der Waals surface area contributed by atoms with Gasteiger partial charge >= 0.3 is 6.18 Å². The summed E-state index contributed by atoms with van der Waals surface area (Å²) in [6.45, 7) is 0. The number of anilines is 1. The standard InChI is InChI=1S/C16H12F3N5O2/c1-23-14(25)6-5-13(22-23)15(26)21-12-4-3-10(24-8-2-7-20-24)9-11(12)16(17,18)19/h2-9H,1H3,(H,21,26). The maximum atomic E-state index is 13.4. The molecule has 0 radical (unpaired) electrons. The zero-order valence-electron chi connectivity index (χ0n) is 13.4. The first-order valence-corrected chi connectivity index (χ1v) is 7.33. The summed E-state index contributed by atoms with van der Waals surface area (Å²) in [5.41, 5.74) is -1.88. The minimum absolute atomic E-state index is 0.184. The number of halogens is 3. The van der Waals surface area contributed by atoms with E-state index in [1.807, 2.05) is 0 Å². The van der Waals surface area contributed by atoms with Gasteiger partial charge in [0, 0.05) is 25.5 Å². The summed E-state index contributed by atoms with van der Waals surface area (Å²) in [6, 6.07) is 7.24. The van der Waals surface area contributed by atoms with Gasteiger partial charge in [0.2, 0.25) is 0 Å². The molecule has 134 valence electrons. The van der Waals surface area contributed by atoms with E-state index in [2.05, 4.69) is 15.5 Å². The SMILES string of the molecule is Cn1nc(C(=O)Nc2ccc(-n3cccn3)cc2C(F)(F)F)ccc1=O. The quantitative estimate of drug-likeness (QED) is 0.774. The summed E-state index contributed by atoms with van der Waals surface area (Å²) < 4.78 is 42.4. The van der Waals surface area contributed by atoms with Crippen LogP contribution in [0.5, 0.6) is 0 Å². The number of aryl methyl sites for hydroxylation is 1. The molecule has 0 aliphatic carbocycles. The number of nitrogens with zero attached hydrogens (tertiary/aromatic N) is 4. The monoisotopic (exact) mass is 363 g/mol. The number of carbonyl (C=O) groups excluding carboxylic acids is 1. The number of amides is 1. The minimum Gasteiger partial charge on any atom is -0.320 e. The van der Waals surface area contributed by atoms with Gasteiger partial charge in [-0.05, 0) is 30.3 Å². The van der Waals surface area contributed by atoms with Crippen molar-refractivity contribution in [2.24, 2.45) is 7.05 Å². The van der Waals surface area contributed by atoms with E-state index in [1.54, 1.807) is 6.07 Å². The number of benzene rings is 1. The maximum absolute atomic E-state index is 13.4. The van der Waals surface area contributed by atoms with Gasteiger partial charge in [-0.25, -0.2) is 9.36 Å². The lowest BCUT2D eigenvalue weighted by atomic mass is 10.1. The van der Waals surface area contributed by atoms with Crippen LogP contribution < -0.4 is 10.9 Å². The van der Waals surface area contributed by atoms with E-state index < -0.39 is 28.9 Å². The van der Waals surface area contributed by atoms with Gasteiger partial charge in [-0.3, -0.25) is 9.59 Å². The fraction of sp³-hybridized carbons (Fsp3) is 0.125. The van der Waals surface area contributed by atoms with E-state index in [0.717, 1.165) is 28.9 Å². The molecule has 26 heavy (non-hydrogen) atoms. The van der Waals surface area contributed by atoms with Crippen LogP contribution in [0.3, 0.4) is 0 Å². The van der Waals surface area contributed by atoms with Crippen molar-refractivity contribution in [2.75, 3.05) is 5.32 Å². The molecule has 0 unspecified atom stereocenters. The highest BCUT2D eigenvalue weighted by Gasteiger charge is 2.34. The predicted molar refractivity (Wildman–Crippen MR) is 86.0 cm³/mol. The van der Waals surface area contributed by atoms with Crippen molar-refractivity contribution in [1.29, 1.82) is 0 Å². The molecule has 0 bridgehead atoms. The highest BCUT2D eigenvalue weighted by Crippen LogP contribution is 2.36. The Kier molecular flexibility index (Phi) is 4.33. The number of hydrogen-bond acceptors (Lipinski definition) is 4. The first kappa shape index (κ1) is 17.4. The van der Waals surface area contributed by atoms with Gasteiger partial charge in [-0.2, -0.15) is 23.4 Å². The number of aromatic nitrogens is 4. The fourth-order valence-corrected chi connectivity index (χ4v) is 2.25. The lowest BCUT2D eigenvalue weighted by Gasteiger charge is -2.15. The average molecular weight is 363 g/mol. The van der Waals surface area contributed by atoms with Gasteiger partial charge in [-0.1, -0.05) is 0 Å². The molecule has 0 fully saturated rings. The highest BCUT2D eigenvalue weighted by molar-refractivity contribution is 6.03. The zero-order valence-corrected chi connectivity index (χ0v) is 13.4. The third-order valence-corrected chi connectivity index (χ3v) is 3.52. The van der Waals surface area contributed by atoms with Crippen molar-refractivity contribution in [2.45, 2.75) is 6.18 Å². The maximum Gasteiger partial charge on any atom is 0.418 e. The second kappa shape index (κ2) is 6.47. The molecule has 1 N–H and O–H groups in total. The van der Waals surface area contributed by atoms with Crippen LogP contribution in [-0.2, 0) is 13.2 Å². The number of alkyl halides is 3. The van der Waals surface area contributed by atoms with E-state index in [-0.39, 0.29) is 11.4 Å². The zero-order chi connectivity index (χ0) is 18.9. The van der Waals surface area contributed by atoms with Crippen LogP contribution in [0.1, 0.15) is 16.1 Å². The first-order chi connectivity index (χ1) is 12.3. The molecular formula is C16H12F3N5O2. The van der Waals surface area contributed by atoms with Crippen LogP contribution in [0.4, 0.5) is 18.9 Å². The second-order valence-corrected chi connectivity index (χ2v) is 5.31. The van der Waals surface area contributed by atoms with Crippen molar-refractivity contribution >= 4 is 11.6 Å². The molecule has 0 saturated heterocycles. The Balaban J connectivity index is 1.97. The van der Waals surface area contributed by atoms with Crippen LogP contribution in [-0.4, -0.2) is 25.5 Å². The number of carbonyl (C=O) groups is 1. The van der Waals surface area contributed by atoms with Crippen molar-refractivity contribution in [3.05, 3.63) is 70.4 Å². The van der Waals surface area contributed by atoms with Gasteiger partial charge in [0.15, 0.2) is 0 Å². The smallest absolute Gasteiger partial charge is 0.320 e. The molecule has 0 atom stereocenters. The molecular weight excluding hydrogens is 351 g/mol. The van der Waals surface area contributed by atoms with Gasteiger partial charge in [-0.15, -0.1) is 0 Å². The largest absolute Gasteiger partial charge is 0.418 e. The molecule has 3 rings (SSSR count). The van der Waals surface area contributed by atoms with E-state index in [0.29, 0.717) is 0 Å². The number of nitrogens with one attached hydrogen (secondary N) is 1. The second-order valence-electron chi connectivity index (χ2n) is 5.31. The van der Waals surface area contributed by atoms with Gasteiger partial charge < -0.3 is 5.32 Å². The summed E-state index contributed by atoms with van der Waals surface area (Å²) in [4.78, 5) is 23.5. The fourth-order valence-electron chi connectivity index (χ4n) is 2.25. The lowest BCUT2D eigenvalue weighted by molar-refractivity contribution is -0.136. The molecule has 0 saturated carbocycles. The summed E-state index contributed by atoms with van der Waals surface area (Å²) in [6.07, 6.45) is -1.75. The van der Waals surface area contributed by atoms with Crippen LogP contribution in [0.2, 0.25) is 0 Å². The Morgan fingerprint density at radius 3 is 2.58 bits per heavy atom. The van der Waals surface area contributed by atoms with Crippen LogP contribution in [0, 0.1) is 0 Å². The number of rotatable bonds is 3. The first-order valence-electron chi connectivity index (χ1n) is 7.33. The Morgan fingerprint density at radius 1 is 1.19 bits per heavy atom. The van der Waals surface area contributed by atoms with Crippen molar-refractivity contribution < 1.29 is 18.0 Å². The van der Waals surface area contributed by atoms with Crippen LogP contribution >= 0.6 is 0 Å². The van der Waals surface area contributed by atoms with Crippen molar-refractivity contribution in [3.63, 3.8) is 0 Å². The topological polar surface area (TPSA) is 81.8 Å². The predicted octanol–water partition coefficient (Wildman–Crippen LogP) is 2.24. The molecule has 0 spiro atoms. The van der Waals surface area contributed by atoms with Gasteiger partial charge in [0.1, 0.15) is 5.69 Å². The molecule has 2 heterocycles. The van der Waals surface area contributed by atoms with Gasteiger partial charge in [0.05, 0.1) is 16.9 Å². The normalized spacial score (nSPS) is 11.4. The summed E-state index contributed by atoms with van der Waals surface area (Å²) >= 11 is 0. The van der Waals surface area contributed by atoms with E-state index in [1.165, 1.54) is 30.2 Å². The van der Waals surface area contributed by atoms with Crippen LogP contribution in [0.15, 0.2) is 53.6 Å². The Hall–Kier alpha value is -3.43. The molecule has 1 amide bonds. The molecule has 7 nitrogen and oxygen atoms in total. The molecule has 3 aromatic rings. The molecule has 2 aromatic heterocycles. The minimum atomic E-state index is -4.69. The van der Waals surface area contributed by atoms with Gasteiger partial charge in [0.25, 0.3) is 11.5 Å². The third-order valence-electron chi connectivity index (χ3n) is 3.52. The van der Waals surface area contributed by atoms with E-state index >= 15 is 0 Å². The summed E-state index contributed by atoms with van der Waals surface area (Å²) in [5.74, 6) is -0.863. The van der Waals surface area contributed by atoms with Crippen LogP contribution in [0.25, 0.3) is 5.69 Å². The lowest BCUT2D eigenvalue weighted by Crippen LogP contribution is -2.24. The summed E-state index contributed by atoms with van der Waals surface area (Å²) in [7, 11) is 1.33. The van der Waals surface area contributed by atoms with Crippen molar-refractivity contribution in [3.8, 4) is 5.69 Å². The Bertz CT molecular complexity index is 1010.